The molecule has 0 bridgehead atoms. The summed E-state index contributed by atoms with van der Waals surface area (Å²) in [7, 11) is 0. The van der Waals surface area contributed by atoms with Crippen LogP contribution >= 0.6 is 11.8 Å². The third-order valence-corrected chi connectivity index (χ3v) is 5.25. The number of H-pyrrole nitrogens is 1. The first kappa shape index (κ1) is 16.2. The van der Waals surface area contributed by atoms with Gasteiger partial charge in [0.1, 0.15) is 0 Å². The first-order valence-corrected chi connectivity index (χ1v) is 9.67. The Kier molecular flexibility index (Phi) is 4.48. The molecule has 3 aromatic rings. The molecule has 1 saturated carbocycles. The Bertz CT molecular complexity index is 896. The lowest BCUT2D eigenvalue weighted by Gasteiger charge is -2.08. The summed E-state index contributed by atoms with van der Waals surface area (Å²) >= 11 is 1.46. The zero-order valence-corrected chi connectivity index (χ0v) is 15.0. The number of nitrogens with one attached hydrogen (secondary N) is 2. The van der Waals surface area contributed by atoms with Crippen LogP contribution in [0.3, 0.4) is 0 Å². The van der Waals surface area contributed by atoms with E-state index >= 15 is 0 Å². The summed E-state index contributed by atoms with van der Waals surface area (Å²) < 4.78 is 2.20. The molecule has 0 saturated heterocycles. The van der Waals surface area contributed by atoms with Crippen LogP contribution in [0.2, 0.25) is 0 Å². The van der Waals surface area contributed by atoms with Crippen LogP contribution in [0.1, 0.15) is 32.2 Å². The highest BCUT2D eigenvalue weighted by Gasteiger charge is 2.31. The summed E-state index contributed by atoms with van der Waals surface area (Å²) in [6.45, 7) is 2.76. The van der Waals surface area contributed by atoms with E-state index < -0.39 is 0 Å². The smallest absolute Gasteiger partial charge is 0.230 e. The standard InChI is InChI=1S/C18H21N5OS/c1-2-9-19-16(24)11-25-18-22-21-17(23(18)12-7-8-12)14-10-20-15-6-4-3-5-13(14)15/h3-6,10,12,20H,2,7-9,11H2,1H3,(H,19,24). The monoisotopic (exact) mass is 355 g/mol. The van der Waals surface area contributed by atoms with Crippen molar-refractivity contribution in [1.82, 2.24) is 25.1 Å². The van der Waals surface area contributed by atoms with Crippen molar-refractivity contribution < 1.29 is 4.79 Å². The zero-order valence-electron chi connectivity index (χ0n) is 14.2. The largest absolute Gasteiger partial charge is 0.360 e. The Hall–Kier alpha value is -2.28. The molecule has 2 N–H and O–H groups in total. The van der Waals surface area contributed by atoms with Gasteiger partial charge in [-0.3, -0.25) is 9.36 Å². The number of rotatable bonds is 7. The van der Waals surface area contributed by atoms with E-state index in [0.717, 1.165) is 53.3 Å². The van der Waals surface area contributed by atoms with Gasteiger partial charge in [0.05, 0.1) is 5.75 Å². The fourth-order valence-corrected chi connectivity index (χ4v) is 3.76. The van der Waals surface area contributed by atoms with Gasteiger partial charge >= 0.3 is 0 Å². The molecule has 1 aromatic carbocycles. The van der Waals surface area contributed by atoms with Crippen molar-refractivity contribution in [1.29, 1.82) is 0 Å². The highest BCUT2D eigenvalue weighted by atomic mass is 32.2. The average molecular weight is 355 g/mol. The second-order valence-corrected chi connectivity index (χ2v) is 7.24. The van der Waals surface area contributed by atoms with Crippen molar-refractivity contribution in [2.45, 2.75) is 37.4 Å². The molecule has 0 atom stereocenters. The van der Waals surface area contributed by atoms with Gasteiger partial charge in [0, 0.05) is 35.2 Å². The van der Waals surface area contributed by atoms with Crippen LogP contribution in [-0.2, 0) is 4.79 Å². The van der Waals surface area contributed by atoms with Gasteiger partial charge in [0.15, 0.2) is 11.0 Å². The van der Waals surface area contributed by atoms with Gasteiger partial charge in [-0.05, 0) is 25.3 Å². The number of thioether (sulfide) groups is 1. The van der Waals surface area contributed by atoms with Crippen molar-refractivity contribution in [2.75, 3.05) is 12.3 Å². The normalized spacial score (nSPS) is 14.1. The minimum absolute atomic E-state index is 0.0471. The first-order valence-electron chi connectivity index (χ1n) is 8.68. The molecular formula is C18H21N5OS. The molecule has 1 aliphatic carbocycles. The lowest BCUT2D eigenvalue weighted by atomic mass is 10.1. The second kappa shape index (κ2) is 6.92. The average Bonchev–Trinajstić information content (AvgIpc) is 3.24. The maximum atomic E-state index is 11.9. The van der Waals surface area contributed by atoms with Crippen molar-refractivity contribution in [2.24, 2.45) is 0 Å². The molecular weight excluding hydrogens is 334 g/mol. The lowest BCUT2D eigenvalue weighted by molar-refractivity contribution is -0.118. The zero-order chi connectivity index (χ0) is 17.2. The fraction of sp³-hybridized carbons (Fsp3) is 0.389. The number of amides is 1. The minimum Gasteiger partial charge on any atom is -0.360 e. The molecule has 1 aliphatic rings. The van der Waals surface area contributed by atoms with E-state index in [4.69, 9.17) is 0 Å². The number of fused-ring (bicyclic) bond motifs is 1. The van der Waals surface area contributed by atoms with E-state index in [1.54, 1.807) is 0 Å². The molecule has 6 nitrogen and oxygen atoms in total. The van der Waals surface area contributed by atoms with Gasteiger partial charge < -0.3 is 10.3 Å². The van der Waals surface area contributed by atoms with Crippen molar-refractivity contribution in [3.8, 4) is 11.4 Å². The summed E-state index contributed by atoms with van der Waals surface area (Å²) in [6.07, 6.45) is 5.22. The van der Waals surface area contributed by atoms with Gasteiger partial charge in [-0.25, -0.2) is 0 Å². The summed E-state index contributed by atoms with van der Waals surface area (Å²) in [5, 5.41) is 13.7. The van der Waals surface area contributed by atoms with Crippen molar-refractivity contribution in [3.63, 3.8) is 0 Å². The maximum Gasteiger partial charge on any atom is 0.230 e. The van der Waals surface area contributed by atoms with Gasteiger partial charge in [0.2, 0.25) is 5.91 Å². The Balaban J connectivity index is 1.62. The van der Waals surface area contributed by atoms with Gasteiger partial charge in [-0.2, -0.15) is 0 Å². The van der Waals surface area contributed by atoms with Crippen LogP contribution in [-0.4, -0.2) is 38.0 Å². The SMILES string of the molecule is CCCNC(=O)CSc1nnc(-c2c[nH]c3ccccc23)n1C1CC1. The third-order valence-electron chi connectivity index (χ3n) is 4.31. The lowest BCUT2D eigenvalue weighted by Crippen LogP contribution is -2.25. The summed E-state index contributed by atoms with van der Waals surface area (Å²) in [5.74, 6) is 1.31. The molecule has 130 valence electrons. The van der Waals surface area contributed by atoms with Crippen LogP contribution in [0.5, 0.6) is 0 Å². The minimum atomic E-state index is 0.0471. The first-order chi connectivity index (χ1) is 12.3. The van der Waals surface area contributed by atoms with E-state index in [2.05, 4.69) is 37.2 Å². The number of aromatic nitrogens is 4. The molecule has 0 spiro atoms. The molecule has 7 heteroatoms. The molecule has 1 fully saturated rings. The van der Waals surface area contributed by atoms with Crippen molar-refractivity contribution >= 4 is 28.6 Å². The predicted molar refractivity (Wildman–Crippen MR) is 99.6 cm³/mol. The van der Waals surface area contributed by atoms with Gasteiger partial charge in [-0.15, -0.1) is 10.2 Å². The van der Waals surface area contributed by atoms with Gasteiger partial charge in [-0.1, -0.05) is 36.9 Å². The van der Waals surface area contributed by atoms with Crippen LogP contribution < -0.4 is 5.32 Å². The second-order valence-electron chi connectivity index (χ2n) is 6.29. The molecule has 0 unspecified atom stereocenters. The van der Waals surface area contributed by atoms with Gasteiger partial charge in [0.25, 0.3) is 0 Å². The molecule has 2 aromatic heterocycles. The van der Waals surface area contributed by atoms with E-state index in [0.29, 0.717) is 11.8 Å². The Morgan fingerprint density at radius 1 is 1.36 bits per heavy atom. The number of benzene rings is 1. The van der Waals surface area contributed by atoms with E-state index in [1.807, 2.05) is 25.3 Å². The summed E-state index contributed by atoms with van der Waals surface area (Å²) in [4.78, 5) is 15.2. The molecule has 0 radical (unpaired) electrons. The molecule has 2 heterocycles. The van der Waals surface area contributed by atoms with Crippen LogP contribution in [0.4, 0.5) is 0 Å². The van der Waals surface area contributed by atoms with Crippen LogP contribution in [0.25, 0.3) is 22.3 Å². The number of carbonyl (C=O) groups is 1. The van der Waals surface area contributed by atoms with E-state index in [1.165, 1.54) is 11.8 Å². The molecule has 0 aliphatic heterocycles. The third kappa shape index (κ3) is 3.28. The Labute approximate surface area is 150 Å². The number of hydrogen-bond acceptors (Lipinski definition) is 4. The Morgan fingerprint density at radius 2 is 2.20 bits per heavy atom. The topological polar surface area (TPSA) is 75.6 Å². The van der Waals surface area contributed by atoms with E-state index in [-0.39, 0.29) is 5.91 Å². The molecule has 25 heavy (non-hydrogen) atoms. The maximum absolute atomic E-state index is 11.9. The molecule has 1 amide bonds. The van der Waals surface area contributed by atoms with Crippen molar-refractivity contribution in [3.05, 3.63) is 30.5 Å². The quantitative estimate of drug-likeness (QED) is 0.637. The number of hydrogen-bond donors (Lipinski definition) is 2. The predicted octanol–water partition coefficient (Wildman–Crippen LogP) is 3.38. The molecule has 4 rings (SSSR count). The Morgan fingerprint density at radius 3 is 3.00 bits per heavy atom. The number of para-hydroxylation sites is 1. The fourth-order valence-electron chi connectivity index (χ4n) is 2.92. The van der Waals surface area contributed by atoms with Crippen LogP contribution in [0.15, 0.2) is 35.6 Å². The highest BCUT2D eigenvalue weighted by Crippen LogP contribution is 2.42. The number of carbonyl (C=O) groups excluding carboxylic acids is 1. The highest BCUT2D eigenvalue weighted by molar-refractivity contribution is 7.99. The number of aromatic amines is 1. The van der Waals surface area contributed by atoms with E-state index in [9.17, 15) is 4.79 Å². The number of nitrogens with zero attached hydrogens (tertiary/aromatic N) is 3. The summed E-state index contributed by atoms with van der Waals surface area (Å²) in [6, 6.07) is 8.65. The van der Waals surface area contributed by atoms with Crippen LogP contribution in [0, 0.1) is 0 Å². The summed E-state index contributed by atoms with van der Waals surface area (Å²) in [5.41, 5.74) is 2.16.